The minimum atomic E-state index is 1.29. The van der Waals surface area contributed by atoms with Gasteiger partial charge in [0.1, 0.15) is 0 Å². The predicted molar refractivity (Wildman–Crippen MR) is 38.4 cm³/mol. The molecule has 0 bridgehead atoms. The molecule has 9 heavy (non-hydrogen) atoms. The van der Waals surface area contributed by atoms with Gasteiger partial charge in [0.15, 0.2) is 0 Å². The molecule has 1 aliphatic rings. The molecular weight excluding hydrogens is 112 g/mol. The Balaban J connectivity index is 2.70. The molecule has 0 spiro atoms. The van der Waals surface area contributed by atoms with E-state index in [9.17, 15) is 0 Å². The van der Waals surface area contributed by atoms with Crippen molar-refractivity contribution < 1.29 is 0 Å². The molecule has 0 atom stereocenters. The summed E-state index contributed by atoms with van der Waals surface area (Å²) in [6.45, 7) is 2.08. The molecule has 0 unspecified atom stereocenters. The molecule has 0 aliphatic carbocycles. The zero-order valence-corrected chi connectivity index (χ0v) is 6.13. The number of hydrogen-bond acceptors (Lipinski definition) is 2. The third kappa shape index (κ3) is 1.25. The van der Waals surface area contributed by atoms with E-state index in [1.165, 1.54) is 5.57 Å². The average Bonchev–Trinajstić information content (AvgIpc) is 1.80. The van der Waals surface area contributed by atoms with Gasteiger partial charge < -0.3 is 0 Å². The Morgan fingerprint density at radius 1 is 1.22 bits per heavy atom. The largest absolute Gasteiger partial charge is 0.296 e. The van der Waals surface area contributed by atoms with Gasteiger partial charge >= 0.3 is 0 Å². The number of rotatable bonds is 0. The van der Waals surface area contributed by atoms with E-state index in [1.807, 2.05) is 30.3 Å². The van der Waals surface area contributed by atoms with Crippen LogP contribution in [0.4, 0.5) is 0 Å². The standard InChI is InChI=1S/C7H12N2/c1-7-4-5-8(2)9(3)6-7/h4-6H,1-3H3. The van der Waals surface area contributed by atoms with Gasteiger partial charge in [-0.1, -0.05) is 0 Å². The zero-order chi connectivity index (χ0) is 6.85. The molecule has 0 saturated carbocycles. The fraction of sp³-hybridized carbons (Fsp3) is 0.429. The Labute approximate surface area is 56.0 Å². The first-order valence-corrected chi connectivity index (χ1v) is 3.02. The molecule has 0 amide bonds. The second-order valence-corrected chi connectivity index (χ2v) is 2.34. The maximum atomic E-state index is 2.08. The van der Waals surface area contributed by atoms with Crippen molar-refractivity contribution in [2.45, 2.75) is 6.92 Å². The Bertz CT molecular complexity index is 158. The fourth-order valence-corrected chi connectivity index (χ4v) is 0.759. The Hall–Kier alpha value is -0.920. The third-order valence-electron chi connectivity index (χ3n) is 1.44. The van der Waals surface area contributed by atoms with Crippen LogP contribution in [0.5, 0.6) is 0 Å². The van der Waals surface area contributed by atoms with Crippen molar-refractivity contribution in [3.63, 3.8) is 0 Å². The molecular formula is C7H12N2. The maximum Gasteiger partial charge on any atom is 0.0277 e. The molecule has 2 nitrogen and oxygen atoms in total. The first kappa shape index (κ1) is 6.20. The van der Waals surface area contributed by atoms with Gasteiger partial charge in [0.2, 0.25) is 0 Å². The molecule has 1 heterocycles. The normalized spacial score (nSPS) is 18.3. The molecule has 0 N–H and O–H groups in total. The lowest BCUT2D eigenvalue weighted by Gasteiger charge is -2.28. The SMILES string of the molecule is CC1=CN(C)N(C)C=C1. The Kier molecular flexibility index (Phi) is 1.47. The van der Waals surface area contributed by atoms with Crippen LogP contribution in [0.15, 0.2) is 24.0 Å². The van der Waals surface area contributed by atoms with Crippen LogP contribution < -0.4 is 0 Å². The molecule has 0 aromatic carbocycles. The van der Waals surface area contributed by atoms with E-state index >= 15 is 0 Å². The molecule has 1 aliphatic heterocycles. The van der Waals surface area contributed by atoms with Crippen LogP contribution in [-0.2, 0) is 0 Å². The average molecular weight is 124 g/mol. The minimum Gasteiger partial charge on any atom is -0.296 e. The van der Waals surface area contributed by atoms with Gasteiger partial charge in [-0.25, -0.2) is 0 Å². The smallest absolute Gasteiger partial charge is 0.0277 e. The van der Waals surface area contributed by atoms with E-state index in [1.54, 1.807) is 0 Å². The second kappa shape index (κ2) is 2.13. The second-order valence-electron chi connectivity index (χ2n) is 2.34. The van der Waals surface area contributed by atoms with Crippen molar-refractivity contribution in [1.29, 1.82) is 0 Å². The molecule has 0 saturated heterocycles. The summed E-state index contributed by atoms with van der Waals surface area (Å²) < 4.78 is 0. The van der Waals surface area contributed by atoms with Gasteiger partial charge in [-0.15, -0.1) is 0 Å². The van der Waals surface area contributed by atoms with Crippen LogP contribution in [0, 0.1) is 0 Å². The summed E-state index contributed by atoms with van der Waals surface area (Å²) in [6.07, 6.45) is 6.20. The van der Waals surface area contributed by atoms with Crippen LogP contribution in [-0.4, -0.2) is 24.1 Å². The van der Waals surface area contributed by atoms with Crippen molar-refractivity contribution in [3.05, 3.63) is 24.0 Å². The van der Waals surface area contributed by atoms with Crippen molar-refractivity contribution in [2.75, 3.05) is 14.1 Å². The Morgan fingerprint density at radius 3 is 2.33 bits per heavy atom. The van der Waals surface area contributed by atoms with Crippen molar-refractivity contribution >= 4 is 0 Å². The number of nitrogens with zero attached hydrogens (tertiary/aromatic N) is 2. The highest BCUT2D eigenvalue weighted by atomic mass is 15.6. The molecule has 0 fully saturated rings. The van der Waals surface area contributed by atoms with Crippen molar-refractivity contribution in [2.24, 2.45) is 0 Å². The topological polar surface area (TPSA) is 6.48 Å². The van der Waals surface area contributed by atoms with Gasteiger partial charge in [0.05, 0.1) is 0 Å². The lowest BCUT2D eigenvalue weighted by molar-refractivity contribution is 0.139. The summed E-state index contributed by atoms with van der Waals surface area (Å²) in [5, 5.41) is 4.06. The van der Waals surface area contributed by atoms with E-state index in [2.05, 4.69) is 19.2 Å². The van der Waals surface area contributed by atoms with E-state index in [0.717, 1.165) is 0 Å². The van der Waals surface area contributed by atoms with Gasteiger partial charge in [-0.2, -0.15) is 0 Å². The summed E-state index contributed by atoms with van der Waals surface area (Å²) >= 11 is 0. The van der Waals surface area contributed by atoms with Crippen LogP contribution in [0.2, 0.25) is 0 Å². The van der Waals surface area contributed by atoms with Crippen LogP contribution >= 0.6 is 0 Å². The summed E-state index contributed by atoms with van der Waals surface area (Å²) in [5.74, 6) is 0. The van der Waals surface area contributed by atoms with Gasteiger partial charge in [0, 0.05) is 26.5 Å². The predicted octanol–water partition coefficient (Wildman–Crippen LogP) is 1.20. The van der Waals surface area contributed by atoms with Crippen LogP contribution in [0.3, 0.4) is 0 Å². The molecule has 0 radical (unpaired) electrons. The maximum absolute atomic E-state index is 2.08. The van der Waals surface area contributed by atoms with Crippen molar-refractivity contribution in [1.82, 2.24) is 10.0 Å². The van der Waals surface area contributed by atoms with Crippen molar-refractivity contribution in [3.8, 4) is 0 Å². The summed E-state index contributed by atoms with van der Waals surface area (Å²) in [7, 11) is 4.03. The quantitative estimate of drug-likeness (QED) is 0.478. The number of hydrazine groups is 1. The molecule has 2 heteroatoms. The summed E-state index contributed by atoms with van der Waals surface area (Å²) in [4.78, 5) is 0. The van der Waals surface area contributed by atoms with Gasteiger partial charge in [-0.3, -0.25) is 10.0 Å². The van der Waals surface area contributed by atoms with E-state index in [4.69, 9.17) is 0 Å². The molecule has 50 valence electrons. The van der Waals surface area contributed by atoms with E-state index < -0.39 is 0 Å². The number of hydrogen-bond donors (Lipinski definition) is 0. The minimum absolute atomic E-state index is 1.29. The third-order valence-corrected chi connectivity index (χ3v) is 1.44. The fourth-order valence-electron chi connectivity index (χ4n) is 0.759. The first-order valence-electron chi connectivity index (χ1n) is 3.02. The molecule has 0 aromatic heterocycles. The van der Waals surface area contributed by atoms with E-state index in [-0.39, 0.29) is 0 Å². The molecule has 0 aromatic rings. The lowest BCUT2D eigenvalue weighted by atomic mass is 10.3. The van der Waals surface area contributed by atoms with E-state index in [0.29, 0.717) is 0 Å². The summed E-state index contributed by atoms with van der Waals surface area (Å²) in [6, 6.07) is 0. The highest BCUT2D eigenvalue weighted by molar-refractivity contribution is 5.17. The highest BCUT2D eigenvalue weighted by Gasteiger charge is 1.99. The van der Waals surface area contributed by atoms with Crippen LogP contribution in [0.1, 0.15) is 6.92 Å². The lowest BCUT2D eigenvalue weighted by Crippen LogP contribution is -2.29. The first-order chi connectivity index (χ1) is 4.20. The summed E-state index contributed by atoms with van der Waals surface area (Å²) in [5.41, 5.74) is 1.29. The van der Waals surface area contributed by atoms with Gasteiger partial charge in [0.25, 0.3) is 0 Å². The Morgan fingerprint density at radius 2 is 1.89 bits per heavy atom. The van der Waals surface area contributed by atoms with Crippen LogP contribution in [0.25, 0.3) is 0 Å². The number of allylic oxidation sites excluding steroid dienone is 2. The molecule has 1 rings (SSSR count). The monoisotopic (exact) mass is 124 g/mol. The zero-order valence-electron chi connectivity index (χ0n) is 6.13. The van der Waals surface area contributed by atoms with Gasteiger partial charge in [-0.05, 0) is 18.6 Å². The highest BCUT2D eigenvalue weighted by Crippen LogP contribution is 2.06.